The summed E-state index contributed by atoms with van der Waals surface area (Å²) >= 11 is 5.94. The number of ether oxygens (including phenoxy) is 2. The number of aryl methyl sites for hydroxylation is 1. The largest absolute Gasteiger partial charge is 0.488 e. The van der Waals surface area contributed by atoms with E-state index in [1.54, 1.807) is 19.1 Å². The Morgan fingerprint density at radius 3 is 2.52 bits per heavy atom. The standard InChI is InChI=1S/C19H18ClF3O4/c1-3-18(25)27-16-6-4-5-12(9-24)13(16)10-26-17-8-15(20)11(2)7-14(17)19(21,22)23/h4-8,24H,3,9-10H2,1-2H3. The molecule has 1 N–H and O–H groups in total. The first-order valence-electron chi connectivity index (χ1n) is 8.09. The maximum Gasteiger partial charge on any atom is 0.419 e. The number of aliphatic hydroxyl groups excluding tert-OH is 1. The van der Waals surface area contributed by atoms with Crippen molar-refractivity contribution in [3.63, 3.8) is 0 Å². The van der Waals surface area contributed by atoms with Gasteiger partial charge in [-0.25, -0.2) is 0 Å². The quantitative estimate of drug-likeness (QED) is 0.542. The minimum absolute atomic E-state index is 0.120. The van der Waals surface area contributed by atoms with Gasteiger partial charge in [-0.2, -0.15) is 13.2 Å². The number of hydrogen-bond donors (Lipinski definition) is 1. The molecule has 4 nitrogen and oxygen atoms in total. The van der Waals surface area contributed by atoms with E-state index in [0.717, 1.165) is 12.1 Å². The van der Waals surface area contributed by atoms with Gasteiger partial charge in [0.15, 0.2) is 0 Å². The maximum absolute atomic E-state index is 13.3. The van der Waals surface area contributed by atoms with Crippen LogP contribution in [0.4, 0.5) is 13.2 Å². The van der Waals surface area contributed by atoms with Crippen LogP contribution in [-0.4, -0.2) is 11.1 Å². The number of halogens is 4. The zero-order chi connectivity index (χ0) is 20.2. The number of esters is 1. The van der Waals surface area contributed by atoms with Crippen LogP contribution in [0.2, 0.25) is 5.02 Å². The van der Waals surface area contributed by atoms with E-state index in [9.17, 15) is 23.1 Å². The third-order valence-corrected chi connectivity index (χ3v) is 4.26. The van der Waals surface area contributed by atoms with E-state index < -0.39 is 30.1 Å². The SMILES string of the molecule is CCC(=O)Oc1cccc(CO)c1COc1cc(Cl)c(C)cc1C(F)(F)F. The monoisotopic (exact) mass is 402 g/mol. The van der Waals surface area contributed by atoms with Gasteiger partial charge in [0.25, 0.3) is 0 Å². The number of hydrogen-bond acceptors (Lipinski definition) is 4. The Balaban J connectivity index is 2.39. The van der Waals surface area contributed by atoms with Crippen LogP contribution in [0.15, 0.2) is 30.3 Å². The van der Waals surface area contributed by atoms with Gasteiger partial charge in [-0.15, -0.1) is 0 Å². The minimum atomic E-state index is -4.63. The molecule has 0 aliphatic rings. The third kappa shape index (κ3) is 5.14. The number of alkyl halides is 3. The predicted octanol–water partition coefficient (Wildman–Crippen LogP) is 5.05. The Hall–Kier alpha value is -2.25. The van der Waals surface area contributed by atoms with Crippen molar-refractivity contribution in [3.05, 3.63) is 57.6 Å². The molecule has 0 amide bonds. The van der Waals surface area contributed by atoms with Crippen LogP contribution >= 0.6 is 11.6 Å². The normalized spacial score (nSPS) is 11.4. The van der Waals surface area contributed by atoms with Crippen molar-refractivity contribution in [1.29, 1.82) is 0 Å². The third-order valence-electron chi connectivity index (χ3n) is 3.85. The van der Waals surface area contributed by atoms with Crippen molar-refractivity contribution in [1.82, 2.24) is 0 Å². The lowest BCUT2D eigenvalue weighted by molar-refractivity contribution is -0.139. The summed E-state index contributed by atoms with van der Waals surface area (Å²) < 4.78 is 50.5. The molecule has 146 valence electrons. The summed E-state index contributed by atoms with van der Waals surface area (Å²) in [5, 5.41) is 9.63. The fourth-order valence-corrected chi connectivity index (χ4v) is 2.52. The van der Waals surface area contributed by atoms with Gasteiger partial charge in [-0.3, -0.25) is 4.79 Å². The van der Waals surface area contributed by atoms with E-state index in [2.05, 4.69) is 0 Å². The molecule has 2 aromatic carbocycles. The summed E-state index contributed by atoms with van der Waals surface area (Å²) in [6.45, 7) is 2.34. The Labute approximate surface area is 159 Å². The van der Waals surface area contributed by atoms with Crippen LogP contribution in [0.5, 0.6) is 11.5 Å². The minimum Gasteiger partial charge on any atom is -0.488 e. The highest BCUT2D eigenvalue weighted by Gasteiger charge is 2.35. The number of benzene rings is 2. The van der Waals surface area contributed by atoms with Gasteiger partial charge in [-0.1, -0.05) is 30.7 Å². The topological polar surface area (TPSA) is 55.8 Å². The van der Waals surface area contributed by atoms with Crippen molar-refractivity contribution < 1.29 is 32.5 Å². The summed E-state index contributed by atoms with van der Waals surface area (Å²) in [6.07, 6.45) is -4.51. The molecule has 0 saturated heterocycles. The second-order valence-electron chi connectivity index (χ2n) is 5.76. The lowest BCUT2D eigenvalue weighted by Crippen LogP contribution is -2.12. The van der Waals surface area contributed by atoms with Gasteiger partial charge in [0.1, 0.15) is 18.1 Å². The molecule has 8 heteroatoms. The molecule has 0 heterocycles. The Bertz CT molecular complexity index is 834. The van der Waals surface area contributed by atoms with Crippen LogP contribution in [0, 0.1) is 6.92 Å². The molecule has 0 unspecified atom stereocenters. The first kappa shape index (κ1) is 21.1. The molecule has 0 radical (unpaired) electrons. The Kier molecular flexibility index (Phi) is 6.73. The average Bonchev–Trinajstić information content (AvgIpc) is 2.61. The summed E-state index contributed by atoms with van der Waals surface area (Å²) in [5.74, 6) is -0.834. The van der Waals surface area contributed by atoms with Crippen molar-refractivity contribution in [2.45, 2.75) is 39.7 Å². The highest BCUT2D eigenvalue weighted by atomic mass is 35.5. The summed E-state index contributed by atoms with van der Waals surface area (Å²) in [6, 6.07) is 6.62. The molecular formula is C19H18ClF3O4. The van der Waals surface area contributed by atoms with Crippen molar-refractivity contribution in [3.8, 4) is 11.5 Å². The van der Waals surface area contributed by atoms with E-state index in [1.165, 1.54) is 13.0 Å². The zero-order valence-corrected chi connectivity index (χ0v) is 15.4. The van der Waals surface area contributed by atoms with Crippen molar-refractivity contribution in [2.24, 2.45) is 0 Å². The van der Waals surface area contributed by atoms with Crippen LogP contribution < -0.4 is 9.47 Å². The van der Waals surface area contributed by atoms with Crippen LogP contribution in [-0.2, 0) is 24.2 Å². The number of carbonyl (C=O) groups excluding carboxylic acids is 1. The van der Waals surface area contributed by atoms with Crippen molar-refractivity contribution >= 4 is 17.6 Å². The van der Waals surface area contributed by atoms with Gasteiger partial charge in [0, 0.05) is 17.0 Å². The van der Waals surface area contributed by atoms with Crippen LogP contribution in [0.1, 0.15) is 35.6 Å². The van der Waals surface area contributed by atoms with Crippen molar-refractivity contribution in [2.75, 3.05) is 0 Å². The molecule has 2 aromatic rings. The number of aliphatic hydroxyl groups is 1. The first-order chi connectivity index (χ1) is 12.7. The molecule has 0 spiro atoms. The number of rotatable bonds is 6. The zero-order valence-electron chi connectivity index (χ0n) is 14.7. The van der Waals surface area contributed by atoms with E-state index in [0.29, 0.717) is 5.56 Å². The fourth-order valence-electron chi connectivity index (χ4n) is 2.37. The van der Waals surface area contributed by atoms with Gasteiger partial charge in [0.05, 0.1) is 12.2 Å². The van der Waals surface area contributed by atoms with Crippen LogP contribution in [0.25, 0.3) is 0 Å². The van der Waals surface area contributed by atoms with E-state index in [4.69, 9.17) is 21.1 Å². The fraction of sp³-hybridized carbons (Fsp3) is 0.316. The Morgan fingerprint density at radius 2 is 1.93 bits per heavy atom. The van der Waals surface area contributed by atoms with E-state index in [1.807, 2.05) is 0 Å². The molecule has 0 aromatic heterocycles. The molecular weight excluding hydrogens is 385 g/mol. The molecule has 0 aliphatic heterocycles. The van der Waals surface area contributed by atoms with E-state index >= 15 is 0 Å². The van der Waals surface area contributed by atoms with Crippen LogP contribution in [0.3, 0.4) is 0 Å². The van der Waals surface area contributed by atoms with Gasteiger partial charge in [-0.05, 0) is 36.2 Å². The Morgan fingerprint density at radius 1 is 1.22 bits per heavy atom. The molecule has 0 aliphatic carbocycles. The summed E-state index contributed by atoms with van der Waals surface area (Å²) in [7, 11) is 0. The van der Waals surface area contributed by atoms with Gasteiger partial charge >= 0.3 is 12.1 Å². The smallest absolute Gasteiger partial charge is 0.419 e. The second-order valence-corrected chi connectivity index (χ2v) is 6.17. The highest BCUT2D eigenvalue weighted by molar-refractivity contribution is 6.31. The highest BCUT2D eigenvalue weighted by Crippen LogP contribution is 2.39. The van der Waals surface area contributed by atoms with Gasteiger partial charge < -0.3 is 14.6 Å². The number of carbonyl (C=O) groups is 1. The molecule has 27 heavy (non-hydrogen) atoms. The predicted molar refractivity (Wildman–Crippen MR) is 93.8 cm³/mol. The molecule has 2 rings (SSSR count). The first-order valence-corrected chi connectivity index (χ1v) is 8.47. The lowest BCUT2D eigenvalue weighted by atomic mass is 10.1. The second kappa shape index (κ2) is 8.63. The lowest BCUT2D eigenvalue weighted by Gasteiger charge is -2.18. The summed E-state index contributed by atoms with van der Waals surface area (Å²) in [4.78, 5) is 11.6. The maximum atomic E-state index is 13.3. The molecule has 0 saturated carbocycles. The summed E-state index contributed by atoms with van der Waals surface area (Å²) in [5.41, 5.74) is -0.0301. The molecule has 0 fully saturated rings. The molecule has 0 atom stereocenters. The average molecular weight is 403 g/mol. The molecule has 0 bridgehead atoms. The van der Waals surface area contributed by atoms with E-state index in [-0.39, 0.29) is 34.9 Å². The van der Waals surface area contributed by atoms with Gasteiger partial charge in [0.2, 0.25) is 0 Å².